The number of esters is 1. The first-order valence-electron chi connectivity index (χ1n) is 4.08. The summed E-state index contributed by atoms with van der Waals surface area (Å²) in [7, 11) is 1.35. The third-order valence-electron chi connectivity index (χ3n) is 1.96. The SMILES string of the molecule is COC(=O)C[C@H]1CCCC(=O)N1. The molecule has 1 N–H and O–H groups in total. The molecule has 0 aliphatic carbocycles. The molecule has 1 rings (SSSR count). The molecule has 1 fully saturated rings. The maximum atomic E-state index is 10.9. The number of carbonyl (C=O) groups is 2. The van der Waals surface area contributed by atoms with Gasteiger partial charge >= 0.3 is 5.97 Å². The Labute approximate surface area is 71.3 Å². The van der Waals surface area contributed by atoms with E-state index in [9.17, 15) is 9.59 Å². The van der Waals surface area contributed by atoms with E-state index >= 15 is 0 Å². The quantitative estimate of drug-likeness (QED) is 0.604. The van der Waals surface area contributed by atoms with Crippen molar-refractivity contribution in [2.45, 2.75) is 31.7 Å². The molecule has 1 heterocycles. The van der Waals surface area contributed by atoms with E-state index in [1.54, 1.807) is 0 Å². The Hall–Kier alpha value is -1.06. The van der Waals surface area contributed by atoms with Gasteiger partial charge in [-0.05, 0) is 12.8 Å². The largest absolute Gasteiger partial charge is 0.469 e. The Morgan fingerprint density at radius 1 is 1.75 bits per heavy atom. The molecule has 4 nitrogen and oxygen atoms in total. The molecule has 1 aliphatic heterocycles. The monoisotopic (exact) mass is 171 g/mol. The Morgan fingerprint density at radius 2 is 2.50 bits per heavy atom. The smallest absolute Gasteiger partial charge is 0.307 e. The molecule has 0 unspecified atom stereocenters. The molecule has 0 saturated carbocycles. The van der Waals surface area contributed by atoms with Crippen LogP contribution in [0.2, 0.25) is 0 Å². The van der Waals surface area contributed by atoms with Crippen molar-refractivity contribution >= 4 is 11.9 Å². The highest BCUT2D eigenvalue weighted by atomic mass is 16.5. The van der Waals surface area contributed by atoms with E-state index in [0.717, 1.165) is 12.8 Å². The Kier molecular flexibility index (Phi) is 3.08. The van der Waals surface area contributed by atoms with Gasteiger partial charge in [-0.1, -0.05) is 0 Å². The molecule has 0 aromatic rings. The Morgan fingerprint density at radius 3 is 3.08 bits per heavy atom. The normalized spacial score (nSPS) is 23.1. The van der Waals surface area contributed by atoms with Crippen molar-refractivity contribution in [2.75, 3.05) is 7.11 Å². The van der Waals surface area contributed by atoms with Crippen molar-refractivity contribution in [2.24, 2.45) is 0 Å². The molecule has 68 valence electrons. The van der Waals surface area contributed by atoms with E-state index in [4.69, 9.17) is 0 Å². The van der Waals surface area contributed by atoms with Crippen molar-refractivity contribution in [1.82, 2.24) is 5.32 Å². The number of amides is 1. The zero-order valence-corrected chi connectivity index (χ0v) is 7.13. The summed E-state index contributed by atoms with van der Waals surface area (Å²) in [4.78, 5) is 21.7. The molecule has 0 aromatic carbocycles. The van der Waals surface area contributed by atoms with Gasteiger partial charge in [0, 0.05) is 12.5 Å². The molecule has 0 aromatic heterocycles. The highest BCUT2D eigenvalue weighted by Gasteiger charge is 2.20. The van der Waals surface area contributed by atoms with Crippen LogP contribution in [0.15, 0.2) is 0 Å². The summed E-state index contributed by atoms with van der Waals surface area (Å²) >= 11 is 0. The second kappa shape index (κ2) is 4.09. The lowest BCUT2D eigenvalue weighted by Crippen LogP contribution is -2.40. The van der Waals surface area contributed by atoms with E-state index < -0.39 is 0 Å². The van der Waals surface area contributed by atoms with Crippen LogP contribution < -0.4 is 5.32 Å². The molecule has 0 bridgehead atoms. The van der Waals surface area contributed by atoms with Crippen molar-refractivity contribution in [3.05, 3.63) is 0 Å². The lowest BCUT2D eigenvalue weighted by Gasteiger charge is -2.21. The zero-order valence-electron chi connectivity index (χ0n) is 7.13. The highest BCUT2D eigenvalue weighted by molar-refractivity contribution is 5.78. The summed E-state index contributed by atoms with van der Waals surface area (Å²) in [5.41, 5.74) is 0. The fourth-order valence-corrected chi connectivity index (χ4v) is 1.32. The molecule has 0 spiro atoms. The molecule has 4 heteroatoms. The van der Waals surface area contributed by atoms with Gasteiger partial charge in [0.25, 0.3) is 0 Å². The number of hydrogen-bond acceptors (Lipinski definition) is 3. The van der Waals surface area contributed by atoms with Crippen LogP contribution >= 0.6 is 0 Å². The molecule has 1 atom stereocenters. The zero-order chi connectivity index (χ0) is 8.97. The maximum Gasteiger partial charge on any atom is 0.307 e. The number of ether oxygens (including phenoxy) is 1. The second-order valence-corrected chi connectivity index (χ2v) is 2.94. The third-order valence-corrected chi connectivity index (χ3v) is 1.96. The summed E-state index contributed by atoms with van der Waals surface area (Å²) in [5.74, 6) is -0.225. The van der Waals surface area contributed by atoms with Crippen LogP contribution in [0.4, 0.5) is 0 Å². The number of carbonyl (C=O) groups excluding carboxylic acids is 2. The minimum Gasteiger partial charge on any atom is -0.469 e. The first-order chi connectivity index (χ1) is 5.72. The van der Waals surface area contributed by atoms with E-state index in [0.29, 0.717) is 12.8 Å². The number of hydrogen-bond donors (Lipinski definition) is 1. The topological polar surface area (TPSA) is 55.4 Å². The van der Waals surface area contributed by atoms with Crippen LogP contribution in [0.3, 0.4) is 0 Å². The molecule has 0 radical (unpaired) electrons. The molecule has 1 saturated heterocycles. The minimum absolute atomic E-state index is 0.0151. The van der Waals surface area contributed by atoms with Crippen LogP contribution in [-0.2, 0) is 14.3 Å². The van der Waals surface area contributed by atoms with Gasteiger partial charge in [-0.15, -0.1) is 0 Å². The average molecular weight is 171 g/mol. The van der Waals surface area contributed by atoms with E-state index in [-0.39, 0.29) is 17.9 Å². The average Bonchev–Trinajstić information content (AvgIpc) is 2.04. The van der Waals surface area contributed by atoms with Gasteiger partial charge in [0.2, 0.25) is 5.91 Å². The van der Waals surface area contributed by atoms with Gasteiger partial charge < -0.3 is 10.1 Å². The van der Waals surface area contributed by atoms with Gasteiger partial charge in [-0.2, -0.15) is 0 Å². The fourth-order valence-electron chi connectivity index (χ4n) is 1.32. The summed E-state index contributed by atoms with van der Waals surface area (Å²) < 4.78 is 4.50. The lowest BCUT2D eigenvalue weighted by atomic mass is 10.0. The van der Waals surface area contributed by atoms with Gasteiger partial charge in [0.15, 0.2) is 0 Å². The molecule has 1 aliphatic rings. The van der Waals surface area contributed by atoms with Crippen LogP contribution in [0, 0.1) is 0 Å². The van der Waals surface area contributed by atoms with Gasteiger partial charge in [-0.3, -0.25) is 9.59 Å². The second-order valence-electron chi connectivity index (χ2n) is 2.94. The van der Waals surface area contributed by atoms with E-state index in [2.05, 4.69) is 10.1 Å². The highest BCUT2D eigenvalue weighted by Crippen LogP contribution is 2.11. The fraction of sp³-hybridized carbons (Fsp3) is 0.750. The van der Waals surface area contributed by atoms with Crippen molar-refractivity contribution in [3.8, 4) is 0 Å². The van der Waals surface area contributed by atoms with E-state index in [1.165, 1.54) is 7.11 Å². The van der Waals surface area contributed by atoms with Crippen LogP contribution in [-0.4, -0.2) is 25.0 Å². The third kappa shape index (κ3) is 2.53. The minimum atomic E-state index is -0.262. The van der Waals surface area contributed by atoms with Gasteiger partial charge in [0.05, 0.1) is 13.5 Å². The standard InChI is InChI=1S/C8H13NO3/c1-12-8(11)5-6-3-2-4-7(10)9-6/h6H,2-5H2,1H3,(H,9,10)/t6-/m1/s1. The Bertz CT molecular complexity index is 191. The number of piperidine rings is 1. The van der Waals surface area contributed by atoms with Gasteiger partial charge in [-0.25, -0.2) is 0 Å². The molecule has 1 amide bonds. The predicted molar refractivity (Wildman–Crippen MR) is 42.4 cm³/mol. The molecular weight excluding hydrogens is 158 g/mol. The van der Waals surface area contributed by atoms with Gasteiger partial charge in [0.1, 0.15) is 0 Å². The summed E-state index contributed by atoms with van der Waals surface area (Å²) in [6.07, 6.45) is 2.62. The van der Waals surface area contributed by atoms with Crippen molar-refractivity contribution in [1.29, 1.82) is 0 Å². The number of rotatable bonds is 2. The van der Waals surface area contributed by atoms with Crippen molar-refractivity contribution < 1.29 is 14.3 Å². The first kappa shape index (κ1) is 9.03. The summed E-state index contributed by atoms with van der Waals surface area (Å²) in [5, 5.41) is 2.74. The molecular formula is C8H13NO3. The van der Waals surface area contributed by atoms with Crippen LogP contribution in [0.25, 0.3) is 0 Å². The Balaban J connectivity index is 2.32. The summed E-state index contributed by atoms with van der Waals surface area (Å²) in [6, 6.07) is -0.0151. The summed E-state index contributed by atoms with van der Waals surface area (Å²) in [6.45, 7) is 0. The van der Waals surface area contributed by atoms with Crippen LogP contribution in [0.1, 0.15) is 25.7 Å². The number of nitrogens with one attached hydrogen (secondary N) is 1. The number of methoxy groups -OCH3 is 1. The van der Waals surface area contributed by atoms with E-state index in [1.807, 2.05) is 0 Å². The maximum absolute atomic E-state index is 10.9. The van der Waals surface area contributed by atoms with Crippen LogP contribution in [0.5, 0.6) is 0 Å². The predicted octanol–water partition coefficient (Wildman–Crippen LogP) is 0.218. The molecule has 12 heavy (non-hydrogen) atoms. The first-order valence-corrected chi connectivity index (χ1v) is 4.08. The van der Waals surface area contributed by atoms with Crippen molar-refractivity contribution in [3.63, 3.8) is 0 Å². The lowest BCUT2D eigenvalue weighted by molar-refractivity contribution is -0.141.